The molecule has 0 saturated carbocycles. The lowest BCUT2D eigenvalue weighted by Gasteiger charge is -2.20. The van der Waals surface area contributed by atoms with Crippen molar-refractivity contribution < 1.29 is 9.53 Å². The first-order chi connectivity index (χ1) is 11.6. The van der Waals surface area contributed by atoms with Gasteiger partial charge in [0.2, 0.25) is 0 Å². The first-order valence-corrected chi connectivity index (χ1v) is 8.58. The summed E-state index contributed by atoms with van der Waals surface area (Å²) in [4.78, 5) is 11.8. The first-order valence-electron chi connectivity index (χ1n) is 8.58. The molecule has 1 atom stereocenters. The van der Waals surface area contributed by atoms with Crippen LogP contribution in [0.2, 0.25) is 0 Å². The van der Waals surface area contributed by atoms with Crippen LogP contribution in [0.15, 0.2) is 42.5 Å². The van der Waals surface area contributed by atoms with Crippen LogP contribution < -0.4 is 10.6 Å². The number of hydrogen-bond acceptors (Lipinski definition) is 3. The third-order valence-corrected chi connectivity index (χ3v) is 3.81. The van der Waals surface area contributed by atoms with Gasteiger partial charge >= 0.3 is 6.09 Å². The van der Waals surface area contributed by atoms with Crippen LogP contribution in [0.4, 0.5) is 16.2 Å². The molecular weight excluding hydrogens is 312 g/mol. The topological polar surface area (TPSA) is 50.4 Å². The van der Waals surface area contributed by atoms with Crippen LogP contribution in [0, 0.1) is 13.8 Å². The molecule has 0 aliphatic heterocycles. The summed E-state index contributed by atoms with van der Waals surface area (Å²) < 4.78 is 5.25. The summed E-state index contributed by atoms with van der Waals surface area (Å²) in [6, 6.07) is 14.3. The third-order valence-electron chi connectivity index (χ3n) is 3.81. The Hall–Kier alpha value is -2.49. The Morgan fingerprint density at radius 3 is 2.20 bits per heavy atom. The number of amides is 1. The standard InChI is InChI=1S/C21H28N2O2/c1-14-7-8-15(2)19(13-14)16(3)22-17-9-11-18(12-10-17)23-20(24)25-21(4,5)6/h7-13,16,22H,1-6H3,(H,23,24). The van der Waals surface area contributed by atoms with Gasteiger partial charge in [0.25, 0.3) is 0 Å². The van der Waals surface area contributed by atoms with Crippen molar-refractivity contribution in [2.24, 2.45) is 0 Å². The number of carbonyl (C=O) groups is 1. The van der Waals surface area contributed by atoms with Gasteiger partial charge in [0.05, 0.1) is 0 Å². The van der Waals surface area contributed by atoms with E-state index in [2.05, 4.69) is 49.6 Å². The van der Waals surface area contributed by atoms with Crippen LogP contribution in [0.1, 0.15) is 50.4 Å². The molecule has 2 aromatic rings. The number of anilines is 2. The molecule has 0 fully saturated rings. The summed E-state index contributed by atoms with van der Waals surface area (Å²) in [5.41, 5.74) is 5.02. The van der Waals surface area contributed by atoms with E-state index in [1.165, 1.54) is 16.7 Å². The van der Waals surface area contributed by atoms with Crippen molar-refractivity contribution in [3.8, 4) is 0 Å². The van der Waals surface area contributed by atoms with Crippen molar-refractivity contribution in [2.45, 2.75) is 53.2 Å². The smallest absolute Gasteiger partial charge is 0.412 e. The van der Waals surface area contributed by atoms with Gasteiger partial charge in [-0.15, -0.1) is 0 Å². The van der Waals surface area contributed by atoms with E-state index in [0.717, 1.165) is 5.69 Å². The summed E-state index contributed by atoms with van der Waals surface area (Å²) in [6.07, 6.45) is -0.447. The molecule has 4 heteroatoms. The molecule has 2 aromatic carbocycles. The Labute approximate surface area is 150 Å². The average molecular weight is 340 g/mol. The molecule has 1 unspecified atom stereocenters. The summed E-state index contributed by atoms with van der Waals surface area (Å²) in [5.74, 6) is 0. The van der Waals surface area contributed by atoms with Crippen LogP contribution in [0.25, 0.3) is 0 Å². The molecule has 0 bridgehead atoms. The van der Waals surface area contributed by atoms with Crippen LogP contribution in [0.3, 0.4) is 0 Å². The number of nitrogens with one attached hydrogen (secondary N) is 2. The molecule has 0 saturated heterocycles. The first kappa shape index (κ1) is 18.8. The molecular formula is C21H28N2O2. The highest BCUT2D eigenvalue weighted by atomic mass is 16.6. The summed E-state index contributed by atoms with van der Waals surface area (Å²) in [6.45, 7) is 11.9. The maximum atomic E-state index is 11.8. The van der Waals surface area contributed by atoms with Crippen LogP contribution >= 0.6 is 0 Å². The quantitative estimate of drug-likeness (QED) is 0.737. The van der Waals surface area contributed by atoms with E-state index < -0.39 is 11.7 Å². The second-order valence-corrected chi connectivity index (χ2v) is 7.43. The highest BCUT2D eigenvalue weighted by molar-refractivity contribution is 5.85. The van der Waals surface area contributed by atoms with Crippen LogP contribution in [-0.4, -0.2) is 11.7 Å². The second kappa shape index (κ2) is 7.60. The van der Waals surface area contributed by atoms with Gasteiger partial charge in [0.1, 0.15) is 5.60 Å². The Morgan fingerprint density at radius 2 is 1.60 bits per heavy atom. The fourth-order valence-electron chi connectivity index (χ4n) is 2.63. The largest absolute Gasteiger partial charge is 0.444 e. The van der Waals surface area contributed by atoms with E-state index in [-0.39, 0.29) is 6.04 Å². The lowest BCUT2D eigenvalue weighted by Crippen LogP contribution is -2.27. The van der Waals surface area contributed by atoms with Gasteiger partial charge in [-0.25, -0.2) is 4.79 Å². The number of ether oxygens (including phenoxy) is 1. The molecule has 2 rings (SSSR count). The van der Waals surface area contributed by atoms with E-state index in [0.29, 0.717) is 5.69 Å². The zero-order valence-electron chi connectivity index (χ0n) is 15.9. The van der Waals surface area contributed by atoms with Crippen molar-refractivity contribution in [3.63, 3.8) is 0 Å². The molecule has 1 amide bonds. The Kier molecular flexibility index (Phi) is 5.73. The lowest BCUT2D eigenvalue weighted by molar-refractivity contribution is 0.0636. The van der Waals surface area contributed by atoms with Gasteiger partial charge in [0.15, 0.2) is 0 Å². The van der Waals surface area contributed by atoms with E-state index in [4.69, 9.17) is 4.74 Å². The maximum Gasteiger partial charge on any atom is 0.412 e. The molecule has 4 nitrogen and oxygen atoms in total. The van der Waals surface area contributed by atoms with E-state index in [1.54, 1.807) is 0 Å². The molecule has 0 aliphatic rings. The summed E-state index contributed by atoms with van der Waals surface area (Å²) in [7, 11) is 0. The van der Waals surface area contributed by atoms with Gasteiger partial charge in [-0.2, -0.15) is 0 Å². The monoisotopic (exact) mass is 340 g/mol. The van der Waals surface area contributed by atoms with E-state index in [1.807, 2.05) is 45.0 Å². The number of carbonyl (C=O) groups excluding carboxylic acids is 1. The number of benzene rings is 2. The van der Waals surface area contributed by atoms with Gasteiger partial charge < -0.3 is 10.1 Å². The molecule has 0 radical (unpaired) electrons. The number of hydrogen-bond donors (Lipinski definition) is 2. The molecule has 0 heterocycles. The zero-order chi connectivity index (χ0) is 18.6. The van der Waals surface area contributed by atoms with Crippen molar-refractivity contribution in [1.29, 1.82) is 0 Å². The lowest BCUT2D eigenvalue weighted by atomic mass is 10.00. The highest BCUT2D eigenvalue weighted by Gasteiger charge is 2.16. The van der Waals surface area contributed by atoms with Gasteiger partial charge in [-0.05, 0) is 76.9 Å². The van der Waals surface area contributed by atoms with Crippen molar-refractivity contribution in [1.82, 2.24) is 0 Å². The van der Waals surface area contributed by atoms with Gasteiger partial charge in [-0.3, -0.25) is 5.32 Å². The maximum absolute atomic E-state index is 11.8. The molecule has 2 N–H and O–H groups in total. The average Bonchev–Trinajstić information content (AvgIpc) is 2.49. The minimum Gasteiger partial charge on any atom is -0.444 e. The molecule has 0 aromatic heterocycles. The highest BCUT2D eigenvalue weighted by Crippen LogP contribution is 2.24. The van der Waals surface area contributed by atoms with Crippen molar-refractivity contribution in [3.05, 3.63) is 59.2 Å². The molecule has 0 spiro atoms. The Bertz CT molecular complexity index is 731. The molecule has 25 heavy (non-hydrogen) atoms. The predicted octanol–water partition coefficient (Wildman–Crippen LogP) is 5.82. The fourth-order valence-corrected chi connectivity index (χ4v) is 2.63. The predicted molar refractivity (Wildman–Crippen MR) is 104 cm³/mol. The Balaban J connectivity index is 2.00. The number of rotatable bonds is 4. The van der Waals surface area contributed by atoms with E-state index in [9.17, 15) is 4.79 Å². The summed E-state index contributed by atoms with van der Waals surface area (Å²) >= 11 is 0. The zero-order valence-corrected chi connectivity index (χ0v) is 15.9. The minimum atomic E-state index is -0.507. The normalized spacial score (nSPS) is 12.4. The Morgan fingerprint density at radius 1 is 1.00 bits per heavy atom. The fraction of sp³-hybridized carbons (Fsp3) is 0.381. The third kappa shape index (κ3) is 5.82. The second-order valence-electron chi connectivity index (χ2n) is 7.43. The van der Waals surface area contributed by atoms with Crippen molar-refractivity contribution >= 4 is 17.5 Å². The van der Waals surface area contributed by atoms with Crippen molar-refractivity contribution in [2.75, 3.05) is 10.6 Å². The van der Waals surface area contributed by atoms with Crippen LogP contribution in [0.5, 0.6) is 0 Å². The molecule has 0 aliphatic carbocycles. The van der Waals surface area contributed by atoms with E-state index >= 15 is 0 Å². The summed E-state index contributed by atoms with van der Waals surface area (Å²) in [5, 5.41) is 6.24. The SMILES string of the molecule is Cc1ccc(C)c(C(C)Nc2ccc(NC(=O)OC(C)(C)C)cc2)c1. The number of aryl methyl sites for hydroxylation is 2. The van der Waals surface area contributed by atoms with Gasteiger partial charge in [-0.1, -0.05) is 23.8 Å². The minimum absolute atomic E-state index is 0.199. The molecule has 134 valence electrons. The van der Waals surface area contributed by atoms with Gasteiger partial charge in [0, 0.05) is 17.4 Å². The van der Waals surface area contributed by atoms with Crippen LogP contribution in [-0.2, 0) is 4.74 Å².